The highest BCUT2D eigenvalue weighted by Crippen LogP contribution is 2.60. The Kier molecular flexibility index (Phi) is 9.16. The summed E-state index contributed by atoms with van der Waals surface area (Å²) in [5.74, 6) is 0.946. The van der Waals surface area contributed by atoms with Gasteiger partial charge in [0.1, 0.15) is 11.3 Å². The number of hydrogen-bond donors (Lipinski definition) is 0. The summed E-state index contributed by atoms with van der Waals surface area (Å²) in [7, 11) is -2.79. The number of fused-ring (bicyclic) bond motifs is 7. The van der Waals surface area contributed by atoms with Crippen molar-refractivity contribution < 1.29 is 4.42 Å². The van der Waals surface area contributed by atoms with Crippen LogP contribution in [0.4, 0.5) is 0 Å². The molecule has 314 valence electrons. The van der Waals surface area contributed by atoms with Gasteiger partial charge < -0.3 is 4.42 Å². The van der Waals surface area contributed by atoms with E-state index in [0.717, 1.165) is 22.3 Å². The van der Waals surface area contributed by atoms with Gasteiger partial charge in [-0.15, -0.1) is 0 Å². The Hall–Kier alpha value is -8.30. The second-order valence-corrected chi connectivity index (χ2v) is 21.6. The lowest BCUT2D eigenvalue weighted by molar-refractivity contribution is 0.628. The summed E-state index contributed by atoms with van der Waals surface area (Å²) < 4.78 is 6.91. The number of hydrogen-bond acceptors (Lipinski definition) is 1. The Labute approximate surface area is 391 Å². The van der Waals surface area contributed by atoms with Gasteiger partial charge in [0.25, 0.3) is 0 Å². The smallest absolute Gasteiger partial charge is 0.179 e. The standard InChI is InChI=1S/C65H44OSi/c1-6-24-47(25-7-1)65(48-26-8-2-9-27-48)59-44-46(41-42-57(59)64-63(65)58-39-20-21-40-60(58)66-64)62-55-37-18-16-35-53(55)61(54-36-17-19-38-56(54)62)45-23-22-34-52(43-45)67(49-28-10-3-11-29-49,50-30-12-4-13-31-50)51-32-14-5-15-33-51/h1-44H. The Morgan fingerprint density at radius 2 is 0.716 bits per heavy atom. The van der Waals surface area contributed by atoms with E-state index < -0.39 is 13.5 Å². The van der Waals surface area contributed by atoms with Crippen LogP contribution in [0.15, 0.2) is 271 Å². The molecule has 0 unspecified atom stereocenters. The van der Waals surface area contributed by atoms with Crippen molar-refractivity contribution in [2.75, 3.05) is 0 Å². The van der Waals surface area contributed by atoms with E-state index in [-0.39, 0.29) is 0 Å². The van der Waals surface area contributed by atoms with Crippen LogP contribution in [0.2, 0.25) is 0 Å². The van der Waals surface area contributed by atoms with E-state index in [0.29, 0.717) is 0 Å². The van der Waals surface area contributed by atoms with Crippen LogP contribution in [0.3, 0.4) is 0 Å². The molecule has 0 spiro atoms. The van der Waals surface area contributed by atoms with E-state index in [2.05, 4.69) is 267 Å². The molecule has 1 aromatic heterocycles. The number of benzene rings is 11. The van der Waals surface area contributed by atoms with Crippen LogP contribution in [-0.4, -0.2) is 8.07 Å². The predicted octanol–water partition coefficient (Wildman–Crippen LogP) is 13.8. The lowest BCUT2D eigenvalue weighted by Crippen LogP contribution is -2.74. The fourth-order valence-corrected chi connectivity index (χ4v) is 16.6. The van der Waals surface area contributed by atoms with Crippen LogP contribution in [0, 0.1) is 0 Å². The molecule has 0 fully saturated rings. The van der Waals surface area contributed by atoms with E-state index in [9.17, 15) is 0 Å². The summed E-state index contributed by atoms with van der Waals surface area (Å²) in [6.45, 7) is 0. The first-order chi connectivity index (χ1) is 33.3. The van der Waals surface area contributed by atoms with Gasteiger partial charge in [0, 0.05) is 16.5 Å². The van der Waals surface area contributed by atoms with E-state index in [1.807, 2.05) is 0 Å². The molecule has 67 heavy (non-hydrogen) atoms. The van der Waals surface area contributed by atoms with Crippen molar-refractivity contribution in [1.29, 1.82) is 0 Å². The Balaban J connectivity index is 1.08. The third-order valence-electron chi connectivity index (χ3n) is 14.5. The molecule has 1 aliphatic rings. The third kappa shape index (κ3) is 5.80. The van der Waals surface area contributed by atoms with Crippen molar-refractivity contribution in [3.8, 4) is 33.6 Å². The summed E-state index contributed by atoms with van der Waals surface area (Å²) in [5.41, 5.74) is 11.2. The lowest BCUT2D eigenvalue weighted by Gasteiger charge is -2.34. The Bertz CT molecular complexity index is 3590. The molecule has 1 aliphatic carbocycles. The molecule has 0 N–H and O–H groups in total. The highest BCUT2D eigenvalue weighted by atomic mass is 28.3. The zero-order valence-electron chi connectivity index (χ0n) is 36.8. The molecule has 0 radical (unpaired) electrons. The lowest BCUT2D eigenvalue weighted by atomic mass is 9.67. The SMILES string of the molecule is c1ccc(C2(c3ccccc3)c3cc(-c4c5ccccc5c(-c5cccc([Si](c6ccccc6)(c6ccccc6)c6ccccc6)c5)c5ccccc45)ccc3-c3oc4ccccc4c32)cc1. The number of rotatable bonds is 8. The molecule has 11 aromatic carbocycles. The van der Waals surface area contributed by atoms with Gasteiger partial charge in [0.05, 0.1) is 5.41 Å². The van der Waals surface area contributed by atoms with Gasteiger partial charge >= 0.3 is 0 Å². The van der Waals surface area contributed by atoms with Gasteiger partial charge in [-0.25, -0.2) is 0 Å². The molecule has 0 saturated carbocycles. The Morgan fingerprint density at radius 3 is 1.21 bits per heavy atom. The van der Waals surface area contributed by atoms with Crippen LogP contribution >= 0.6 is 0 Å². The molecule has 1 heterocycles. The summed E-state index contributed by atoms with van der Waals surface area (Å²) in [5, 5.41) is 11.5. The number of para-hydroxylation sites is 1. The first kappa shape index (κ1) is 39.1. The topological polar surface area (TPSA) is 13.1 Å². The maximum atomic E-state index is 6.91. The van der Waals surface area contributed by atoms with Crippen molar-refractivity contribution in [2.24, 2.45) is 0 Å². The van der Waals surface area contributed by atoms with Crippen molar-refractivity contribution in [2.45, 2.75) is 5.41 Å². The normalized spacial score (nSPS) is 12.9. The number of furan rings is 1. The highest BCUT2D eigenvalue weighted by molar-refractivity contribution is 7.19. The summed E-state index contributed by atoms with van der Waals surface area (Å²) >= 11 is 0. The fraction of sp³-hybridized carbons (Fsp3) is 0.0154. The van der Waals surface area contributed by atoms with Crippen LogP contribution < -0.4 is 20.7 Å². The second kappa shape index (κ2) is 15.7. The molecule has 13 rings (SSSR count). The molecule has 0 amide bonds. The van der Waals surface area contributed by atoms with Crippen molar-refractivity contribution in [3.63, 3.8) is 0 Å². The summed E-state index contributed by atoms with van der Waals surface area (Å²) in [6, 6.07) is 99.0. The molecule has 1 nitrogen and oxygen atoms in total. The fourth-order valence-electron chi connectivity index (χ4n) is 11.8. The molecule has 0 saturated heterocycles. The molecule has 2 heteroatoms. The van der Waals surface area contributed by atoms with Gasteiger partial charge in [0.15, 0.2) is 8.07 Å². The first-order valence-corrected chi connectivity index (χ1v) is 25.3. The maximum Gasteiger partial charge on any atom is 0.179 e. The molecule has 0 aliphatic heterocycles. The zero-order valence-corrected chi connectivity index (χ0v) is 37.8. The van der Waals surface area contributed by atoms with Crippen LogP contribution in [0.25, 0.3) is 66.1 Å². The first-order valence-electron chi connectivity index (χ1n) is 23.3. The average molecular weight is 869 g/mol. The molecule has 12 aromatic rings. The van der Waals surface area contributed by atoms with Crippen LogP contribution in [0.5, 0.6) is 0 Å². The van der Waals surface area contributed by atoms with Gasteiger partial charge in [-0.05, 0) is 93.4 Å². The monoisotopic (exact) mass is 868 g/mol. The third-order valence-corrected chi connectivity index (χ3v) is 19.3. The molecular weight excluding hydrogens is 825 g/mol. The largest absolute Gasteiger partial charge is 0.456 e. The summed E-state index contributed by atoms with van der Waals surface area (Å²) in [4.78, 5) is 0. The summed E-state index contributed by atoms with van der Waals surface area (Å²) in [6.07, 6.45) is 0. The maximum absolute atomic E-state index is 6.91. The van der Waals surface area contributed by atoms with Crippen LogP contribution in [-0.2, 0) is 5.41 Å². The van der Waals surface area contributed by atoms with E-state index in [4.69, 9.17) is 4.42 Å². The van der Waals surface area contributed by atoms with Crippen molar-refractivity contribution in [1.82, 2.24) is 0 Å². The second-order valence-electron chi connectivity index (χ2n) is 17.8. The van der Waals surface area contributed by atoms with Gasteiger partial charge in [-0.1, -0.05) is 255 Å². The van der Waals surface area contributed by atoms with Crippen molar-refractivity contribution in [3.05, 3.63) is 289 Å². The minimum absolute atomic E-state index is 0.617. The minimum atomic E-state index is -2.79. The average Bonchev–Trinajstić information content (AvgIpc) is 3.93. The highest BCUT2D eigenvalue weighted by Gasteiger charge is 2.50. The zero-order chi connectivity index (χ0) is 44.4. The van der Waals surface area contributed by atoms with Gasteiger partial charge in [0.2, 0.25) is 0 Å². The molecular formula is C65H44OSi. The van der Waals surface area contributed by atoms with E-state index in [1.165, 1.54) is 86.8 Å². The van der Waals surface area contributed by atoms with E-state index in [1.54, 1.807) is 0 Å². The molecule has 0 bridgehead atoms. The van der Waals surface area contributed by atoms with Crippen molar-refractivity contribution >= 4 is 61.3 Å². The van der Waals surface area contributed by atoms with Crippen LogP contribution in [0.1, 0.15) is 22.3 Å². The van der Waals surface area contributed by atoms with E-state index >= 15 is 0 Å². The van der Waals surface area contributed by atoms with Gasteiger partial charge in [-0.3, -0.25) is 0 Å². The minimum Gasteiger partial charge on any atom is -0.456 e. The quantitative estimate of drug-likeness (QED) is 0.0842. The Morgan fingerprint density at radius 1 is 0.313 bits per heavy atom. The predicted molar refractivity (Wildman–Crippen MR) is 283 cm³/mol. The van der Waals surface area contributed by atoms with Gasteiger partial charge in [-0.2, -0.15) is 0 Å². The molecule has 0 atom stereocenters.